The Morgan fingerprint density at radius 3 is 2.90 bits per heavy atom. The van der Waals surface area contributed by atoms with Crippen LogP contribution in [0.2, 0.25) is 0 Å². The van der Waals surface area contributed by atoms with Gasteiger partial charge in [0.1, 0.15) is 0 Å². The molecule has 1 fully saturated rings. The largest absolute Gasteiger partial charge is 0.453 e. The van der Waals surface area contributed by atoms with Gasteiger partial charge in [-0.3, -0.25) is 4.79 Å². The molecule has 1 aliphatic heterocycles. The lowest BCUT2D eigenvalue weighted by Gasteiger charge is -2.18. The van der Waals surface area contributed by atoms with E-state index in [0.717, 1.165) is 16.5 Å². The third-order valence-electron chi connectivity index (χ3n) is 3.41. The van der Waals surface area contributed by atoms with Gasteiger partial charge in [0.25, 0.3) is 5.91 Å². The topological polar surface area (TPSA) is 58.6 Å². The molecule has 2 rings (SSSR count). The number of benzene rings is 1. The number of halogens is 1. The second kappa shape index (κ2) is 6.26. The van der Waals surface area contributed by atoms with Gasteiger partial charge in [-0.2, -0.15) is 0 Å². The first-order valence-electron chi connectivity index (χ1n) is 6.41. The first-order chi connectivity index (χ1) is 9.52. The first-order valence-corrected chi connectivity index (χ1v) is 7.21. The molecule has 6 heteroatoms. The Morgan fingerprint density at radius 1 is 1.45 bits per heavy atom. The smallest absolute Gasteiger partial charge is 0.407 e. The highest BCUT2D eigenvalue weighted by atomic mass is 79.9. The molecule has 1 N–H and O–H groups in total. The van der Waals surface area contributed by atoms with Gasteiger partial charge in [0.05, 0.1) is 18.7 Å². The van der Waals surface area contributed by atoms with Crippen molar-refractivity contribution in [2.45, 2.75) is 19.4 Å². The van der Waals surface area contributed by atoms with Gasteiger partial charge in [-0.1, -0.05) is 12.1 Å². The van der Waals surface area contributed by atoms with E-state index in [9.17, 15) is 9.59 Å². The summed E-state index contributed by atoms with van der Waals surface area (Å²) in [5, 5.41) is 2.72. The number of hydrogen-bond acceptors (Lipinski definition) is 3. The summed E-state index contributed by atoms with van der Waals surface area (Å²) in [5.41, 5.74) is 1.68. The zero-order valence-electron chi connectivity index (χ0n) is 11.5. The van der Waals surface area contributed by atoms with Crippen LogP contribution in [0.5, 0.6) is 0 Å². The maximum absolute atomic E-state index is 12.5. The number of carbonyl (C=O) groups is 2. The second-order valence-corrected chi connectivity index (χ2v) is 5.60. The van der Waals surface area contributed by atoms with Crippen molar-refractivity contribution in [1.29, 1.82) is 0 Å². The van der Waals surface area contributed by atoms with Gasteiger partial charge < -0.3 is 15.0 Å². The fourth-order valence-electron chi connectivity index (χ4n) is 2.27. The van der Waals surface area contributed by atoms with Crippen molar-refractivity contribution in [3.8, 4) is 0 Å². The number of methoxy groups -OCH3 is 1. The maximum atomic E-state index is 12.5. The highest BCUT2D eigenvalue weighted by Gasteiger charge is 2.29. The molecular weight excluding hydrogens is 324 g/mol. The molecule has 108 valence electrons. The van der Waals surface area contributed by atoms with Crippen LogP contribution in [-0.4, -0.2) is 43.1 Å². The lowest BCUT2D eigenvalue weighted by atomic mass is 10.1. The lowest BCUT2D eigenvalue weighted by Crippen LogP contribution is -2.38. The molecule has 20 heavy (non-hydrogen) atoms. The zero-order valence-corrected chi connectivity index (χ0v) is 13.1. The third kappa shape index (κ3) is 3.12. The Balaban J connectivity index is 2.04. The maximum Gasteiger partial charge on any atom is 0.407 e. The molecule has 0 bridgehead atoms. The predicted molar refractivity (Wildman–Crippen MR) is 78.7 cm³/mol. The summed E-state index contributed by atoms with van der Waals surface area (Å²) in [5.74, 6) is -0.0188. The number of ether oxygens (including phenoxy) is 1. The number of amides is 2. The van der Waals surface area contributed by atoms with Crippen molar-refractivity contribution in [2.75, 3.05) is 20.2 Å². The molecule has 0 saturated carbocycles. The Kier molecular flexibility index (Phi) is 4.65. The molecule has 1 saturated heterocycles. The summed E-state index contributed by atoms with van der Waals surface area (Å²) < 4.78 is 5.39. The van der Waals surface area contributed by atoms with E-state index in [4.69, 9.17) is 0 Å². The molecule has 0 aromatic heterocycles. The van der Waals surface area contributed by atoms with Crippen molar-refractivity contribution < 1.29 is 14.3 Å². The summed E-state index contributed by atoms with van der Waals surface area (Å²) in [7, 11) is 1.33. The Labute approximate surface area is 126 Å². The minimum atomic E-state index is -0.457. The SMILES string of the molecule is COC(=O)NC1CCN(C(=O)c2cccc(C)c2Br)C1. The van der Waals surface area contributed by atoms with Crippen LogP contribution in [0, 0.1) is 6.92 Å². The van der Waals surface area contributed by atoms with Crippen molar-refractivity contribution >= 4 is 27.9 Å². The fourth-order valence-corrected chi connectivity index (χ4v) is 2.71. The van der Waals surface area contributed by atoms with Gasteiger partial charge in [-0.25, -0.2) is 4.79 Å². The molecule has 0 radical (unpaired) electrons. The van der Waals surface area contributed by atoms with E-state index in [1.54, 1.807) is 11.0 Å². The second-order valence-electron chi connectivity index (χ2n) is 4.81. The summed E-state index contributed by atoms with van der Waals surface area (Å²) in [6, 6.07) is 5.58. The molecule has 0 spiro atoms. The summed E-state index contributed by atoms with van der Waals surface area (Å²) in [6.45, 7) is 3.09. The molecule has 0 aliphatic carbocycles. The van der Waals surface area contributed by atoms with Crippen LogP contribution < -0.4 is 5.32 Å². The van der Waals surface area contributed by atoms with Gasteiger partial charge in [-0.05, 0) is 40.9 Å². The number of alkyl carbamates (subject to hydrolysis) is 1. The Hall–Kier alpha value is -1.56. The first kappa shape index (κ1) is 14.8. The quantitative estimate of drug-likeness (QED) is 0.898. The van der Waals surface area contributed by atoms with Gasteiger partial charge in [0, 0.05) is 17.6 Å². The average molecular weight is 341 g/mol. The fraction of sp³-hybridized carbons (Fsp3) is 0.429. The monoisotopic (exact) mass is 340 g/mol. The van der Waals surface area contributed by atoms with E-state index in [2.05, 4.69) is 26.0 Å². The number of likely N-dealkylation sites (tertiary alicyclic amines) is 1. The molecule has 5 nitrogen and oxygen atoms in total. The summed E-state index contributed by atoms with van der Waals surface area (Å²) in [6.07, 6.45) is 0.283. The number of carbonyl (C=O) groups excluding carboxylic acids is 2. The highest BCUT2D eigenvalue weighted by Crippen LogP contribution is 2.24. The number of nitrogens with one attached hydrogen (secondary N) is 1. The lowest BCUT2D eigenvalue weighted by molar-refractivity contribution is 0.0787. The van der Waals surface area contributed by atoms with Crippen LogP contribution in [0.15, 0.2) is 22.7 Å². The normalized spacial score (nSPS) is 17.9. The minimum Gasteiger partial charge on any atom is -0.453 e. The molecule has 1 unspecified atom stereocenters. The molecule has 1 heterocycles. The van der Waals surface area contributed by atoms with E-state index >= 15 is 0 Å². The molecule has 1 aromatic rings. The van der Waals surface area contributed by atoms with Crippen LogP contribution >= 0.6 is 15.9 Å². The van der Waals surface area contributed by atoms with E-state index in [1.165, 1.54) is 7.11 Å². The van der Waals surface area contributed by atoms with Gasteiger partial charge >= 0.3 is 6.09 Å². The van der Waals surface area contributed by atoms with Crippen LogP contribution in [0.4, 0.5) is 4.79 Å². The van der Waals surface area contributed by atoms with Crippen LogP contribution in [-0.2, 0) is 4.74 Å². The van der Waals surface area contributed by atoms with E-state index in [-0.39, 0.29) is 11.9 Å². The minimum absolute atomic E-state index is 0.0188. The van der Waals surface area contributed by atoms with Crippen molar-refractivity contribution in [1.82, 2.24) is 10.2 Å². The Bertz CT molecular complexity index is 533. The molecule has 2 amide bonds. The van der Waals surface area contributed by atoms with Gasteiger partial charge in [0.2, 0.25) is 0 Å². The number of aryl methyl sites for hydroxylation is 1. The number of nitrogens with zero attached hydrogens (tertiary/aromatic N) is 1. The molecular formula is C14H17BrN2O3. The summed E-state index contributed by atoms with van der Waals surface area (Å²) >= 11 is 3.46. The average Bonchev–Trinajstić information content (AvgIpc) is 2.89. The van der Waals surface area contributed by atoms with Crippen molar-refractivity contribution in [3.63, 3.8) is 0 Å². The highest BCUT2D eigenvalue weighted by molar-refractivity contribution is 9.10. The van der Waals surface area contributed by atoms with Crippen LogP contribution in [0.25, 0.3) is 0 Å². The van der Waals surface area contributed by atoms with Gasteiger partial charge in [0.15, 0.2) is 0 Å². The van der Waals surface area contributed by atoms with Crippen molar-refractivity contribution in [3.05, 3.63) is 33.8 Å². The molecule has 1 atom stereocenters. The number of hydrogen-bond donors (Lipinski definition) is 1. The Morgan fingerprint density at radius 2 is 2.20 bits per heavy atom. The standard InChI is InChI=1S/C14H17BrN2O3/c1-9-4-3-5-11(12(9)15)13(18)17-7-6-10(8-17)16-14(19)20-2/h3-5,10H,6-8H2,1-2H3,(H,16,19). The van der Waals surface area contributed by atoms with E-state index < -0.39 is 6.09 Å². The number of rotatable bonds is 2. The molecule has 1 aromatic carbocycles. The summed E-state index contributed by atoms with van der Waals surface area (Å²) in [4.78, 5) is 25.4. The molecule has 1 aliphatic rings. The zero-order chi connectivity index (χ0) is 14.7. The van der Waals surface area contributed by atoms with Gasteiger partial charge in [-0.15, -0.1) is 0 Å². The predicted octanol–water partition coefficient (Wildman–Crippen LogP) is 2.33. The van der Waals surface area contributed by atoms with Crippen LogP contribution in [0.1, 0.15) is 22.3 Å². The van der Waals surface area contributed by atoms with E-state index in [1.807, 2.05) is 19.1 Å². The van der Waals surface area contributed by atoms with Crippen LogP contribution in [0.3, 0.4) is 0 Å². The third-order valence-corrected chi connectivity index (χ3v) is 4.46. The van der Waals surface area contributed by atoms with Crippen molar-refractivity contribution in [2.24, 2.45) is 0 Å². The van der Waals surface area contributed by atoms with E-state index in [0.29, 0.717) is 18.7 Å².